The molecule has 5 nitrogen and oxygen atoms in total. The van der Waals surface area contributed by atoms with Gasteiger partial charge >= 0.3 is 0 Å². The Labute approximate surface area is 220 Å². The first-order chi connectivity index (χ1) is 17.3. The molecule has 0 bridgehead atoms. The number of anilines is 1. The van der Waals surface area contributed by atoms with Crippen LogP contribution in [0.5, 0.6) is 5.75 Å². The van der Waals surface area contributed by atoms with E-state index in [4.69, 9.17) is 28.6 Å². The van der Waals surface area contributed by atoms with Crippen LogP contribution < -0.4 is 15.0 Å². The number of methoxy groups -OCH3 is 1. The van der Waals surface area contributed by atoms with Crippen molar-refractivity contribution in [3.63, 3.8) is 0 Å². The van der Waals surface area contributed by atoms with Gasteiger partial charge in [-0.15, -0.1) is 0 Å². The van der Waals surface area contributed by atoms with Crippen LogP contribution in [0.2, 0.25) is 5.02 Å². The Bertz CT molecular complexity index is 1460. The summed E-state index contributed by atoms with van der Waals surface area (Å²) in [7, 11) is 1.65. The van der Waals surface area contributed by atoms with E-state index in [1.165, 1.54) is 6.07 Å². The van der Waals surface area contributed by atoms with Gasteiger partial charge in [-0.25, -0.2) is 4.39 Å². The zero-order valence-electron chi connectivity index (χ0n) is 20.4. The van der Waals surface area contributed by atoms with Crippen molar-refractivity contribution in [3.05, 3.63) is 106 Å². The molecule has 1 aliphatic rings. The molecule has 1 saturated heterocycles. The number of hydrogen-bond donors (Lipinski definition) is 1. The summed E-state index contributed by atoms with van der Waals surface area (Å²) in [5, 5.41) is 4.66. The van der Waals surface area contributed by atoms with E-state index >= 15 is 0 Å². The van der Waals surface area contributed by atoms with Crippen molar-refractivity contribution >= 4 is 34.6 Å². The third kappa shape index (κ3) is 4.12. The average Bonchev–Trinajstić information content (AvgIpc) is 3.36. The third-order valence-electron chi connectivity index (χ3n) is 6.69. The van der Waals surface area contributed by atoms with Gasteiger partial charge in [0.25, 0.3) is 0 Å². The van der Waals surface area contributed by atoms with Crippen molar-refractivity contribution in [1.82, 2.24) is 14.9 Å². The molecule has 1 aliphatic heterocycles. The monoisotopic (exact) mass is 520 g/mol. The summed E-state index contributed by atoms with van der Waals surface area (Å²) >= 11 is 12.2. The topological polar surface area (TPSA) is 42.3 Å². The summed E-state index contributed by atoms with van der Waals surface area (Å²) in [6, 6.07) is 18.2. The fourth-order valence-corrected chi connectivity index (χ4v) is 5.54. The lowest BCUT2D eigenvalue weighted by molar-refractivity contribution is 0.412. The number of benzene rings is 2. The van der Waals surface area contributed by atoms with Gasteiger partial charge in [-0.3, -0.25) is 4.98 Å². The van der Waals surface area contributed by atoms with Gasteiger partial charge in [-0.05, 0) is 98.7 Å². The lowest BCUT2D eigenvalue weighted by atomic mass is 9.96. The molecule has 2 aromatic carbocycles. The van der Waals surface area contributed by atoms with Crippen molar-refractivity contribution < 1.29 is 9.13 Å². The molecule has 1 fully saturated rings. The van der Waals surface area contributed by atoms with Gasteiger partial charge in [-0.1, -0.05) is 17.7 Å². The summed E-state index contributed by atoms with van der Waals surface area (Å²) in [5.74, 6) is 0.473. The van der Waals surface area contributed by atoms with Crippen LogP contribution in [0.3, 0.4) is 0 Å². The maximum Gasteiger partial charge on any atom is 0.174 e. The number of aryl methyl sites for hydroxylation is 2. The number of hydrogen-bond acceptors (Lipinski definition) is 3. The predicted octanol–water partition coefficient (Wildman–Crippen LogP) is 6.78. The highest BCUT2D eigenvalue weighted by Gasteiger charge is 2.42. The van der Waals surface area contributed by atoms with Crippen LogP contribution in [-0.2, 0) is 0 Å². The van der Waals surface area contributed by atoms with Crippen LogP contribution in [-0.4, -0.2) is 21.8 Å². The van der Waals surface area contributed by atoms with E-state index in [0.29, 0.717) is 15.7 Å². The number of pyridine rings is 1. The third-order valence-corrected chi connectivity index (χ3v) is 7.24. The molecule has 0 amide bonds. The Morgan fingerprint density at radius 2 is 1.86 bits per heavy atom. The van der Waals surface area contributed by atoms with Crippen molar-refractivity contribution in [2.75, 3.05) is 12.0 Å². The van der Waals surface area contributed by atoms with Crippen molar-refractivity contribution in [3.8, 4) is 11.4 Å². The second-order valence-corrected chi connectivity index (χ2v) is 9.73. The highest BCUT2D eigenvalue weighted by Crippen LogP contribution is 2.44. The van der Waals surface area contributed by atoms with Crippen LogP contribution in [0.4, 0.5) is 10.1 Å². The van der Waals surface area contributed by atoms with E-state index < -0.39 is 0 Å². The van der Waals surface area contributed by atoms with E-state index in [9.17, 15) is 4.39 Å². The minimum Gasteiger partial charge on any atom is -0.495 e. The molecule has 4 aromatic rings. The highest BCUT2D eigenvalue weighted by atomic mass is 35.5. The van der Waals surface area contributed by atoms with Gasteiger partial charge in [0.15, 0.2) is 5.11 Å². The number of aromatic nitrogens is 2. The molecule has 0 unspecified atom stereocenters. The number of nitrogens with one attached hydrogen (secondary N) is 1. The molecule has 2 aromatic heterocycles. The smallest absolute Gasteiger partial charge is 0.174 e. The van der Waals surface area contributed by atoms with E-state index in [-0.39, 0.29) is 17.9 Å². The Balaban J connectivity index is 1.71. The number of rotatable bonds is 5. The average molecular weight is 521 g/mol. The van der Waals surface area contributed by atoms with Gasteiger partial charge in [0.1, 0.15) is 11.6 Å². The summed E-state index contributed by atoms with van der Waals surface area (Å²) in [4.78, 5) is 6.69. The molecule has 0 radical (unpaired) electrons. The Morgan fingerprint density at radius 3 is 2.56 bits per heavy atom. The Morgan fingerprint density at radius 1 is 1.06 bits per heavy atom. The second-order valence-electron chi connectivity index (χ2n) is 8.91. The van der Waals surface area contributed by atoms with Crippen LogP contribution >= 0.6 is 23.8 Å². The minimum absolute atomic E-state index is 0.209. The molecular formula is C28H26ClFN4OS. The van der Waals surface area contributed by atoms with E-state index in [1.54, 1.807) is 26.3 Å². The van der Waals surface area contributed by atoms with Crippen LogP contribution in [0.15, 0.2) is 66.9 Å². The number of ether oxygens (including phenoxy) is 1. The maximum absolute atomic E-state index is 14.2. The summed E-state index contributed by atoms with van der Waals surface area (Å²) in [6.45, 7) is 5.89. The molecular weight excluding hydrogens is 495 g/mol. The van der Waals surface area contributed by atoms with Gasteiger partial charge in [-0.2, -0.15) is 0 Å². The minimum atomic E-state index is -0.249. The normalized spacial score (nSPS) is 17.4. The summed E-state index contributed by atoms with van der Waals surface area (Å²) in [6.07, 6.45) is 1.78. The van der Waals surface area contributed by atoms with Crippen LogP contribution in [0.1, 0.15) is 40.3 Å². The van der Waals surface area contributed by atoms with E-state index in [1.807, 2.05) is 42.5 Å². The van der Waals surface area contributed by atoms with Gasteiger partial charge in [0.05, 0.1) is 30.6 Å². The van der Waals surface area contributed by atoms with Crippen LogP contribution in [0, 0.1) is 26.6 Å². The molecule has 0 aliphatic carbocycles. The number of nitrogens with zero attached hydrogens (tertiary/aromatic N) is 3. The fourth-order valence-electron chi connectivity index (χ4n) is 5.02. The SMILES string of the molecule is COc1ccc(Cl)cc1-n1c(C)cc([C@H]2[C@H](c3ccccn3)NC(=S)N2c2ccc(F)c(C)c2)c1C. The Hall–Kier alpha value is -3.42. The molecule has 1 N–H and O–H groups in total. The first-order valence-electron chi connectivity index (χ1n) is 11.6. The molecule has 0 spiro atoms. The van der Waals surface area contributed by atoms with Crippen molar-refractivity contribution in [1.29, 1.82) is 0 Å². The van der Waals surface area contributed by atoms with E-state index in [0.717, 1.165) is 39.8 Å². The quantitative estimate of drug-likeness (QED) is 0.294. The molecule has 2 atom stereocenters. The van der Waals surface area contributed by atoms with Gasteiger partial charge < -0.3 is 19.5 Å². The lowest BCUT2D eigenvalue weighted by Gasteiger charge is -2.28. The zero-order chi connectivity index (χ0) is 25.6. The molecule has 36 heavy (non-hydrogen) atoms. The van der Waals surface area contributed by atoms with E-state index in [2.05, 4.69) is 39.7 Å². The second kappa shape index (κ2) is 9.56. The fraction of sp³-hybridized carbons (Fsp3) is 0.214. The predicted molar refractivity (Wildman–Crippen MR) is 146 cm³/mol. The summed E-state index contributed by atoms with van der Waals surface area (Å²) in [5.41, 5.74) is 6.23. The molecule has 0 saturated carbocycles. The zero-order valence-corrected chi connectivity index (χ0v) is 22.0. The first kappa shape index (κ1) is 24.3. The number of thiocarbonyl (C=S) groups is 1. The lowest BCUT2D eigenvalue weighted by Crippen LogP contribution is -2.29. The summed E-state index contributed by atoms with van der Waals surface area (Å²) < 4.78 is 22.0. The van der Waals surface area contributed by atoms with Gasteiger partial charge in [0, 0.05) is 28.3 Å². The molecule has 184 valence electrons. The molecule has 8 heteroatoms. The van der Waals surface area contributed by atoms with Crippen molar-refractivity contribution in [2.24, 2.45) is 0 Å². The number of halogens is 2. The molecule has 5 rings (SSSR count). The maximum atomic E-state index is 14.2. The standard InChI is InChI=1S/C28H26ClFN4OS/c1-16-13-20(9-10-22(16)30)34-27(26(32-28(34)36)23-7-5-6-12-31-23)21-14-17(2)33(18(21)3)24-15-19(29)8-11-25(24)35-4/h5-15,26-27H,1-4H3,(H,32,36)/t26-,27-/m0/s1. The molecule has 3 heterocycles. The van der Waals surface area contributed by atoms with Crippen molar-refractivity contribution in [2.45, 2.75) is 32.9 Å². The van der Waals surface area contributed by atoms with Crippen LogP contribution in [0.25, 0.3) is 5.69 Å². The highest BCUT2D eigenvalue weighted by molar-refractivity contribution is 7.80. The Kier molecular flexibility index (Phi) is 6.45. The van der Waals surface area contributed by atoms with Gasteiger partial charge in [0.2, 0.25) is 0 Å². The first-order valence-corrected chi connectivity index (χ1v) is 12.4. The largest absolute Gasteiger partial charge is 0.495 e.